The molecule has 0 aromatic heterocycles. The molecule has 4 aliphatic rings. The van der Waals surface area contributed by atoms with Crippen LogP contribution in [-0.2, 0) is 30.9 Å². The van der Waals surface area contributed by atoms with Crippen molar-refractivity contribution in [2.45, 2.75) is 132 Å². The summed E-state index contributed by atoms with van der Waals surface area (Å²) >= 11 is 6.34. The van der Waals surface area contributed by atoms with E-state index in [2.05, 4.69) is 348 Å². The van der Waals surface area contributed by atoms with Gasteiger partial charge in [-0.15, -0.1) is 0 Å². The Balaban J connectivity index is 0.000000156. The van der Waals surface area contributed by atoms with E-state index in [1.165, 1.54) is 251 Å². The minimum atomic E-state index is -3.15. The van der Waals surface area contributed by atoms with Gasteiger partial charge in [-0.1, -0.05) is 239 Å². The van der Waals surface area contributed by atoms with Crippen molar-refractivity contribution in [3.05, 3.63) is 300 Å². The van der Waals surface area contributed by atoms with Crippen LogP contribution in [-0.4, -0.2) is 63.2 Å². The molecule has 1 atom stereocenters. The van der Waals surface area contributed by atoms with Gasteiger partial charge in [-0.2, -0.15) is 0 Å². The average molecular weight is 1460 g/mol. The first kappa shape index (κ1) is 76.3. The third-order valence-corrected chi connectivity index (χ3v) is 22.0. The first-order valence-electron chi connectivity index (χ1n) is 34.3. The quantitative estimate of drug-likeness (QED) is 0.0772. The van der Waals surface area contributed by atoms with Gasteiger partial charge in [0.2, 0.25) is 0 Å². The van der Waals surface area contributed by atoms with Gasteiger partial charge in [0.25, 0.3) is 0 Å². The Kier molecular flexibility index (Phi) is 23.3. The third kappa shape index (κ3) is 14.1. The molecule has 0 aliphatic heterocycles. The maximum absolute atomic E-state index is 8.87. The molecule has 1 unspecified atom stereocenters. The second-order valence-corrected chi connectivity index (χ2v) is 30.6. The van der Waals surface area contributed by atoms with Crippen molar-refractivity contribution < 1.29 is 70.8 Å². The van der Waals surface area contributed by atoms with E-state index >= 15 is 0 Å². The van der Waals surface area contributed by atoms with E-state index in [9.17, 15) is 0 Å². The van der Waals surface area contributed by atoms with Crippen LogP contribution < -0.4 is 71.8 Å². The summed E-state index contributed by atoms with van der Waals surface area (Å²) in [7, 11) is -3.15. The molecule has 0 spiro atoms. The summed E-state index contributed by atoms with van der Waals surface area (Å²) in [6.07, 6.45) is 0. The molecule has 12 aromatic carbocycles. The van der Waals surface area contributed by atoms with Gasteiger partial charge in [0, 0.05) is 54.3 Å². The molecule has 4 aliphatic carbocycles. The Morgan fingerprint density at radius 1 is 0.374 bits per heavy atom. The monoisotopic (exact) mass is 1460 g/mol. The second-order valence-electron chi connectivity index (χ2n) is 29.1. The number of benzene rings is 12. The molecule has 0 heterocycles. The average Bonchev–Trinajstić information content (AvgIpc) is 1.55. The van der Waals surface area contributed by atoms with E-state index in [4.69, 9.17) is 14.7 Å². The van der Waals surface area contributed by atoms with Crippen molar-refractivity contribution in [1.82, 2.24) is 0 Å². The fraction of sp³-hybridized carbons (Fsp3) is 0.227. The van der Waals surface area contributed by atoms with Crippen LogP contribution in [0.15, 0.2) is 211 Å². The number of nitrogens with one attached hydrogen (secondary N) is 1. The first-order valence-corrected chi connectivity index (χ1v) is 52.2. The number of aryl methyl sites for hydroxylation is 8. The van der Waals surface area contributed by atoms with Crippen LogP contribution in [0.25, 0.3) is 66.1 Å². The standard InChI is InChI=1S/C44H41N.C28H23Br.C16H19N.3K.HO4P/c1-26-17-19-39(28(3)21-26)45(40-20-18-27(2)22-29(40)4)41-25-38-42(32-15-10-9-14-31(32)41)34-24-36-33(23-37(34)44(38,7)8)30-13-11-12-16-35(30)43(36,5)6;1-27(2)21-12-8-7-9-16(21)19-13-23-20(14-22(19)27)26-18-11-6-5-10-17(18)25(29)15-24(26)28(23,3)4;1-11-5-7-15(13(3)9-11)17-16-8-6-12(2)10-14(16)4;;;;1-4-5(2)3/h9-25H,1-8H3;5-15H,1-4H3;5-10,17H,1-4H3;;;;1H/q;;;;;+1;/p-1. The van der Waals surface area contributed by atoms with E-state index in [1.54, 1.807) is 0 Å². The molecule has 0 amide bonds. The van der Waals surface area contributed by atoms with Gasteiger partial charge in [-0.05, 0) is 248 Å². The fourth-order valence-electron chi connectivity index (χ4n) is 16.2. The predicted octanol–water partition coefficient (Wildman–Crippen LogP) is 19.6. The zero-order valence-corrected chi connectivity index (χ0v) is 72.9. The molecule has 0 radical (unpaired) electrons. The molecule has 99 heavy (non-hydrogen) atoms. The Bertz CT molecular complexity index is 5110. The Labute approximate surface area is 683 Å². The van der Waals surface area contributed by atoms with Crippen LogP contribution in [0.2, 0.25) is 0 Å². The van der Waals surface area contributed by atoms with Gasteiger partial charge in [0.05, 0.1) is 5.69 Å². The third-order valence-electron chi connectivity index (χ3n) is 21.2. The number of hydrogen-bond donors (Lipinski definition) is 1. The van der Waals surface area contributed by atoms with Gasteiger partial charge in [0.1, 0.15) is 0 Å². The van der Waals surface area contributed by atoms with Crippen molar-refractivity contribution in [3.8, 4) is 44.5 Å². The molecule has 12 aromatic rings. The molecule has 0 saturated carbocycles. The fourth-order valence-corrected chi connectivity index (χ4v) is 16.8. The second kappa shape index (κ2) is 30.3. The molecular weight excluding hydrogens is 1380 g/mol. The van der Waals surface area contributed by atoms with Crippen molar-refractivity contribution in [3.63, 3.8) is 0 Å². The summed E-state index contributed by atoms with van der Waals surface area (Å²) in [6, 6.07) is 77.4. The zero-order valence-electron chi connectivity index (χ0n) is 61.0. The number of hydrogen-bond acceptors (Lipinski definition) is 6. The number of halogens is 1. The van der Waals surface area contributed by atoms with Crippen LogP contribution in [0, 0.1) is 55.4 Å². The Hall–Kier alpha value is -3.87. The zero-order chi connectivity index (χ0) is 70.2. The molecular formula is C88H83BrK3N2O4P. The van der Waals surface area contributed by atoms with E-state index in [-0.39, 0.29) is 73.0 Å². The molecule has 0 bridgehead atoms. The van der Waals surface area contributed by atoms with E-state index < -0.39 is 8.25 Å². The molecule has 16 rings (SSSR count). The van der Waals surface area contributed by atoms with Crippen LogP contribution in [0.4, 0.5) is 28.4 Å². The van der Waals surface area contributed by atoms with Gasteiger partial charge in [0.15, 0.2) is 0 Å². The Morgan fingerprint density at radius 2 is 0.697 bits per heavy atom. The van der Waals surface area contributed by atoms with Crippen molar-refractivity contribution in [1.29, 1.82) is 0 Å². The van der Waals surface area contributed by atoms with Crippen LogP contribution in [0.5, 0.6) is 0 Å². The van der Waals surface area contributed by atoms with Gasteiger partial charge < -0.3 is 20.4 Å². The minimum absolute atomic E-state index is 0. The van der Waals surface area contributed by atoms with Crippen LogP contribution in [0.1, 0.15) is 144 Å². The van der Waals surface area contributed by atoms with E-state index in [1.807, 2.05) is 0 Å². The summed E-state index contributed by atoms with van der Waals surface area (Å²) in [5, 5.41) is 17.3. The Morgan fingerprint density at radius 3 is 1.10 bits per heavy atom. The molecule has 484 valence electrons. The van der Waals surface area contributed by atoms with Crippen molar-refractivity contribution >= 4 is 137 Å². The summed E-state index contributed by atoms with van der Waals surface area (Å²) < 4.78 is 12.5. The summed E-state index contributed by atoms with van der Waals surface area (Å²) in [5.41, 5.74) is 38.8. The normalized spacial score (nSPS) is 14.2. The summed E-state index contributed by atoms with van der Waals surface area (Å²) in [4.78, 5) is 11.4. The van der Waals surface area contributed by atoms with Gasteiger partial charge >= 0.3 is 123 Å². The molecule has 1 N–H and O–H groups in total. The summed E-state index contributed by atoms with van der Waals surface area (Å²) in [5.74, 6) is 0. The number of rotatable bonds is 6. The van der Waals surface area contributed by atoms with E-state index in [0.29, 0.717) is 0 Å². The van der Waals surface area contributed by atoms with Crippen LogP contribution in [0.3, 0.4) is 0 Å². The van der Waals surface area contributed by atoms with Crippen LogP contribution >= 0.6 is 24.2 Å². The molecule has 6 nitrogen and oxygen atoms in total. The van der Waals surface area contributed by atoms with E-state index in [0.717, 1.165) is 0 Å². The number of nitrogens with zero attached hydrogens (tertiary/aromatic N) is 1. The molecule has 0 fully saturated rings. The first-order chi connectivity index (χ1) is 46.6. The topological polar surface area (TPSA) is 87.7 Å². The molecule has 0 saturated heterocycles. The van der Waals surface area contributed by atoms with Crippen molar-refractivity contribution in [2.75, 3.05) is 10.2 Å². The SMILES string of the molecule is CC1(C)c2ccccc2-c2cc3c(cc21)-c1c(cc(Br)c2ccccc12)C3(C)C.Cc1ccc(N(c2ccc(C)cc2C)c2cc3c(c4ccccc24)-c2cc4c(cc2C3(C)C)-c2ccccc2C4(C)C)c(C)c1.Cc1ccc(Nc2ccc(C)cc2C)c(C)c1.O=[P+]([O-])O[O-].[K+].[K][K]. The van der Waals surface area contributed by atoms with Gasteiger partial charge in [-0.25, -0.2) is 4.67 Å². The maximum atomic E-state index is 8.87. The molecule has 11 heteroatoms. The predicted molar refractivity (Wildman–Crippen MR) is 415 cm³/mol. The summed E-state index contributed by atoms with van der Waals surface area (Å²) in [6.45, 7) is 36.5. The van der Waals surface area contributed by atoms with Crippen molar-refractivity contribution in [2.24, 2.45) is 0 Å². The number of anilines is 5. The van der Waals surface area contributed by atoms with Gasteiger partial charge in [-0.3, -0.25) is 0 Å². The number of fused-ring (bicyclic) bond motifs is 16.